The van der Waals surface area contributed by atoms with Gasteiger partial charge in [-0.05, 0) is 67.6 Å². The zero-order valence-electron chi connectivity index (χ0n) is 17.4. The smallest absolute Gasteiger partial charge is 0.0702 e. The van der Waals surface area contributed by atoms with Crippen molar-refractivity contribution >= 4 is 0 Å². The molecule has 0 amide bonds. The fourth-order valence-corrected chi connectivity index (χ4v) is 4.52. The summed E-state index contributed by atoms with van der Waals surface area (Å²) in [5.74, 6) is 1.70. The Morgan fingerprint density at radius 2 is 1.56 bits per heavy atom. The minimum absolute atomic E-state index is 0.727. The van der Waals surface area contributed by atoms with E-state index >= 15 is 0 Å². The standard InChI is InChI=1S/C26H37N/c1-3-5-7-9-22-12-16-24(17-13-22)26-19-18-25(20-27-26)23-14-10-21(11-15-23)8-6-4-2/h12-13,16-21,23H,3-11,14-15H2,1-2H3. The van der Waals surface area contributed by atoms with Crippen LogP contribution >= 0.6 is 0 Å². The Balaban J connectivity index is 1.54. The van der Waals surface area contributed by atoms with Gasteiger partial charge < -0.3 is 0 Å². The van der Waals surface area contributed by atoms with E-state index in [4.69, 9.17) is 4.98 Å². The first kappa shape index (κ1) is 20.1. The molecule has 1 heterocycles. The zero-order chi connectivity index (χ0) is 18.9. The van der Waals surface area contributed by atoms with Crippen molar-refractivity contribution in [2.24, 2.45) is 5.92 Å². The number of nitrogens with zero attached hydrogens (tertiary/aromatic N) is 1. The largest absolute Gasteiger partial charge is 0.256 e. The minimum Gasteiger partial charge on any atom is -0.256 e. The summed E-state index contributed by atoms with van der Waals surface area (Å²) in [4.78, 5) is 4.80. The highest BCUT2D eigenvalue weighted by Gasteiger charge is 2.22. The van der Waals surface area contributed by atoms with Gasteiger partial charge in [0.05, 0.1) is 5.69 Å². The van der Waals surface area contributed by atoms with Gasteiger partial charge in [0, 0.05) is 11.8 Å². The molecule has 0 bridgehead atoms. The number of rotatable bonds is 9. The second kappa shape index (κ2) is 10.6. The third kappa shape index (κ3) is 5.92. The molecule has 1 nitrogen and oxygen atoms in total. The van der Waals surface area contributed by atoms with Crippen LogP contribution in [0, 0.1) is 5.92 Å². The van der Waals surface area contributed by atoms with Crippen LogP contribution in [0.25, 0.3) is 11.3 Å². The maximum atomic E-state index is 4.80. The van der Waals surface area contributed by atoms with Gasteiger partial charge in [-0.25, -0.2) is 0 Å². The van der Waals surface area contributed by atoms with Crippen LogP contribution < -0.4 is 0 Å². The van der Waals surface area contributed by atoms with Crippen molar-refractivity contribution in [3.05, 3.63) is 53.7 Å². The molecule has 0 unspecified atom stereocenters. The maximum absolute atomic E-state index is 4.80. The molecule has 0 spiro atoms. The van der Waals surface area contributed by atoms with E-state index in [9.17, 15) is 0 Å². The van der Waals surface area contributed by atoms with E-state index < -0.39 is 0 Å². The van der Waals surface area contributed by atoms with Gasteiger partial charge in [-0.2, -0.15) is 0 Å². The fourth-order valence-electron chi connectivity index (χ4n) is 4.52. The summed E-state index contributed by atoms with van der Waals surface area (Å²) in [7, 11) is 0. The molecule has 1 heteroatoms. The van der Waals surface area contributed by atoms with Crippen molar-refractivity contribution in [3.63, 3.8) is 0 Å². The second-order valence-electron chi connectivity index (χ2n) is 8.49. The fraction of sp³-hybridized carbons (Fsp3) is 0.577. The normalized spacial score (nSPS) is 19.9. The number of hydrogen-bond acceptors (Lipinski definition) is 1. The number of pyridine rings is 1. The van der Waals surface area contributed by atoms with Crippen molar-refractivity contribution in [2.45, 2.75) is 90.4 Å². The van der Waals surface area contributed by atoms with Gasteiger partial charge in [-0.3, -0.25) is 4.98 Å². The van der Waals surface area contributed by atoms with Crippen molar-refractivity contribution in [3.8, 4) is 11.3 Å². The first-order chi connectivity index (χ1) is 13.3. The van der Waals surface area contributed by atoms with Crippen LogP contribution in [0.4, 0.5) is 0 Å². The Morgan fingerprint density at radius 3 is 2.19 bits per heavy atom. The summed E-state index contributed by atoms with van der Waals surface area (Å²) < 4.78 is 0. The average molecular weight is 364 g/mol. The van der Waals surface area contributed by atoms with Gasteiger partial charge in [0.2, 0.25) is 0 Å². The average Bonchev–Trinajstić information content (AvgIpc) is 2.73. The van der Waals surface area contributed by atoms with E-state index in [2.05, 4.69) is 56.4 Å². The van der Waals surface area contributed by atoms with Crippen LogP contribution in [0.1, 0.15) is 95.1 Å². The summed E-state index contributed by atoms with van der Waals surface area (Å²) >= 11 is 0. The molecule has 146 valence electrons. The molecule has 0 atom stereocenters. The van der Waals surface area contributed by atoms with Gasteiger partial charge >= 0.3 is 0 Å². The highest BCUT2D eigenvalue weighted by Crippen LogP contribution is 2.37. The number of aromatic nitrogens is 1. The third-order valence-corrected chi connectivity index (χ3v) is 6.39. The molecule has 27 heavy (non-hydrogen) atoms. The van der Waals surface area contributed by atoms with Crippen LogP contribution in [-0.4, -0.2) is 4.98 Å². The van der Waals surface area contributed by atoms with Gasteiger partial charge in [-0.15, -0.1) is 0 Å². The Morgan fingerprint density at radius 1 is 0.815 bits per heavy atom. The van der Waals surface area contributed by atoms with Crippen molar-refractivity contribution in [1.82, 2.24) is 4.98 Å². The molecule has 3 rings (SSSR count). The lowest BCUT2D eigenvalue weighted by molar-refractivity contribution is 0.304. The van der Waals surface area contributed by atoms with Crippen LogP contribution in [0.15, 0.2) is 42.6 Å². The van der Waals surface area contributed by atoms with Gasteiger partial charge in [0.15, 0.2) is 0 Å². The number of hydrogen-bond donors (Lipinski definition) is 0. The Labute approximate surface area is 166 Å². The first-order valence-electron chi connectivity index (χ1n) is 11.4. The van der Waals surface area contributed by atoms with E-state index in [-0.39, 0.29) is 0 Å². The summed E-state index contributed by atoms with van der Waals surface area (Å²) in [5.41, 5.74) is 5.24. The number of benzene rings is 1. The van der Waals surface area contributed by atoms with Gasteiger partial charge in [-0.1, -0.05) is 76.3 Å². The maximum Gasteiger partial charge on any atom is 0.0702 e. The number of aryl methyl sites for hydroxylation is 1. The summed E-state index contributed by atoms with van der Waals surface area (Å²) in [6.45, 7) is 4.56. The molecule has 0 N–H and O–H groups in total. The molecule has 1 aromatic carbocycles. The monoisotopic (exact) mass is 363 g/mol. The summed E-state index contributed by atoms with van der Waals surface area (Å²) in [5, 5.41) is 0. The summed E-state index contributed by atoms with van der Waals surface area (Å²) in [6.07, 6.45) is 16.9. The predicted molar refractivity (Wildman–Crippen MR) is 117 cm³/mol. The topological polar surface area (TPSA) is 12.9 Å². The minimum atomic E-state index is 0.727. The van der Waals surface area contributed by atoms with E-state index in [1.807, 2.05) is 0 Å². The van der Waals surface area contributed by atoms with E-state index in [0.29, 0.717) is 0 Å². The molecule has 0 saturated heterocycles. The molecular weight excluding hydrogens is 326 g/mol. The highest BCUT2D eigenvalue weighted by atomic mass is 14.7. The van der Waals surface area contributed by atoms with E-state index in [1.165, 1.54) is 87.3 Å². The lowest BCUT2D eigenvalue weighted by Gasteiger charge is -2.28. The molecule has 1 aliphatic rings. The van der Waals surface area contributed by atoms with Gasteiger partial charge in [0.25, 0.3) is 0 Å². The quantitative estimate of drug-likeness (QED) is 0.412. The van der Waals surface area contributed by atoms with Crippen molar-refractivity contribution in [1.29, 1.82) is 0 Å². The van der Waals surface area contributed by atoms with Crippen molar-refractivity contribution < 1.29 is 0 Å². The molecule has 0 aliphatic heterocycles. The zero-order valence-corrected chi connectivity index (χ0v) is 17.4. The lowest BCUT2D eigenvalue weighted by Crippen LogP contribution is -2.13. The van der Waals surface area contributed by atoms with Gasteiger partial charge in [0.1, 0.15) is 0 Å². The van der Waals surface area contributed by atoms with Crippen LogP contribution in [0.3, 0.4) is 0 Å². The molecule has 2 aromatic rings. The second-order valence-corrected chi connectivity index (χ2v) is 8.49. The van der Waals surface area contributed by atoms with Crippen molar-refractivity contribution in [2.75, 3.05) is 0 Å². The predicted octanol–water partition coefficient (Wildman–Crippen LogP) is 7.95. The van der Waals surface area contributed by atoms with Crippen LogP contribution in [-0.2, 0) is 6.42 Å². The van der Waals surface area contributed by atoms with E-state index in [0.717, 1.165) is 17.5 Å². The first-order valence-corrected chi connectivity index (χ1v) is 11.4. The molecule has 1 saturated carbocycles. The Hall–Kier alpha value is -1.63. The SMILES string of the molecule is CCCCCc1ccc(-c2ccc(C3CCC(CCCC)CC3)cn2)cc1. The molecule has 1 aliphatic carbocycles. The summed E-state index contributed by atoms with van der Waals surface area (Å²) in [6, 6.07) is 13.6. The number of unbranched alkanes of at least 4 members (excludes halogenated alkanes) is 3. The highest BCUT2D eigenvalue weighted by molar-refractivity contribution is 5.59. The molecule has 0 radical (unpaired) electrons. The van der Waals surface area contributed by atoms with Crippen LogP contribution in [0.5, 0.6) is 0 Å². The third-order valence-electron chi connectivity index (χ3n) is 6.39. The Kier molecular flexibility index (Phi) is 7.93. The lowest BCUT2D eigenvalue weighted by atomic mass is 9.77. The molecule has 1 aromatic heterocycles. The van der Waals surface area contributed by atoms with Crippen LogP contribution in [0.2, 0.25) is 0 Å². The molecular formula is C26H37N. The molecule has 1 fully saturated rings. The van der Waals surface area contributed by atoms with E-state index in [1.54, 1.807) is 0 Å². The Bertz CT molecular complexity index is 648.